The van der Waals surface area contributed by atoms with Gasteiger partial charge in [0.05, 0.1) is 0 Å². The fourth-order valence-corrected chi connectivity index (χ4v) is 1.04. The summed E-state index contributed by atoms with van der Waals surface area (Å²) in [6, 6.07) is 0. The molecule has 2 heterocycles. The molecule has 7 heteroatoms. The third kappa shape index (κ3) is 1.30. The average molecular weight is 192 g/mol. The van der Waals surface area contributed by atoms with Crippen LogP contribution in [0, 0.1) is 0 Å². The van der Waals surface area contributed by atoms with Gasteiger partial charge in [-0.2, -0.15) is 0 Å². The SMILES string of the molecule is Nc1nc(C(=O)c2c[nH]c(N)n2)c[nH]1. The minimum Gasteiger partial charge on any atom is -0.369 e. The molecule has 0 aliphatic heterocycles. The van der Waals surface area contributed by atoms with Crippen molar-refractivity contribution in [2.75, 3.05) is 11.5 Å². The van der Waals surface area contributed by atoms with Crippen LogP contribution in [0.3, 0.4) is 0 Å². The van der Waals surface area contributed by atoms with E-state index in [0.29, 0.717) is 0 Å². The molecule has 0 unspecified atom stereocenters. The molecule has 0 amide bonds. The molecule has 0 aliphatic rings. The first-order valence-electron chi connectivity index (χ1n) is 3.83. The smallest absolute Gasteiger partial charge is 0.232 e. The molecule has 2 aromatic heterocycles. The van der Waals surface area contributed by atoms with Crippen molar-refractivity contribution in [3.05, 3.63) is 23.8 Å². The van der Waals surface area contributed by atoms with Crippen LogP contribution in [0.25, 0.3) is 0 Å². The van der Waals surface area contributed by atoms with Crippen LogP contribution in [0.4, 0.5) is 11.9 Å². The van der Waals surface area contributed by atoms with Gasteiger partial charge in [-0.05, 0) is 0 Å². The minimum atomic E-state index is -0.328. The molecular formula is C7H8N6O. The maximum Gasteiger partial charge on any atom is 0.232 e. The Bertz CT molecular complexity index is 428. The Kier molecular flexibility index (Phi) is 1.70. The number of imidazole rings is 2. The van der Waals surface area contributed by atoms with Crippen molar-refractivity contribution >= 4 is 17.7 Å². The molecule has 2 rings (SSSR count). The van der Waals surface area contributed by atoms with Gasteiger partial charge in [0.1, 0.15) is 11.4 Å². The van der Waals surface area contributed by atoms with Crippen molar-refractivity contribution in [2.24, 2.45) is 0 Å². The molecule has 0 aromatic carbocycles. The largest absolute Gasteiger partial charge is 0.369 e. The van der Waals surface area contributed by atoms with Crippen LogP contribution in [-0.4, -0.2) is 25.7 Å². The minimum absolute atomic E-state index is 0.192. The number of nitrogens with one attached hydrogen (secondary N) is 2. The number of nitrogens with two attached hydrogens (primary N) is 2. The highest BCUT2D eigenvalue weighted by atomic mass is 16.1. The van der Waals surface area contributed by atoms with Crippen molar-refractivity contribution < 1.29 is 4.79 Å². The van der Waals surface area contributed by atoms with Crippen molar-refractivity contribution in [2.45, 2.75) is 0 Å². The van der Waals surface area contributed by atoms with Gasteiger partial charge in [0.15, 0.2) is 11.9 Å². The van der Waals surface area contributed by atoms with E-state index in [1.165, 1.54) is 12.4 Å². The highest BCUT2D eigenvalue weighted by molar-refractivity contribution is 6.06. The molecule has 0 saturated heterocycles. The summed E-state index contributed by atoms with van der Waals surface area (Å²) in [7, 11) is 0. The standard InChI is InChI=1S/C7H8N6O/c8-6-10-1-3(12-6)5(14)4-2-11-7(9)13-4/h1-2H,(H3,8,10,12)(H3,9,11,13). The van der Waals surface area contributed by atoms with E-state index < -0.39 is 0 Å². The number of carbonyl (C=O) groups excluding carboxylic acids is 1. The predicted molar refractivity (Wildman–Crippen MR) is 49.4 cm³/mol. The van der Waals surface area contributed by atoms with Gasteiger partial charge in [0.25, 0.3) is 0 Å². The van der Waals surface area contributed by atoms with Gasteiger partial charge in [-0.15, -0.1) is 0 Å². The highest BCUT2D eigenvalue weighted by Crippen LogP contribution is 2.07. The predicted octanol–water partition coefficient (Wildman–Crippen LogP) is -0.472. The molecule has 0 spiro atoms. The number of hydrogen-bond donors (Lipinski definition) is 4. The van der Waals surface area contributed by atoms with E-state index in [1.807, 2.05) is 0 Å². The van der Waals surface area contributed by atoms with Gasteiger partial charge in [0.2, 0.25) is 5.78 Å². The zero-order valence-corrected chi connectivity index (χ0v) is 7.11. The second-order valence-electron chi connectivity index (χ2n) is 2.67. The fraction of sp³-hybridized carbons (Fsp3) is 0. The second-order valence-corrected chi connectivity index (χ2v) is 2.67. The van der Waals surface area contributed by atoms with E-state index in [1.54, 1.807) is 0 Å². The summed E-state index contributed by atoms with van der Waals surface area (Å²) in [4.78, 5) is 24.4. The summed E-state index contributed by atoms with van der Waals surface area (Å²) in [6.45, 7) is 0. The third-order valence-electron chi connectivity index (χ3n) is 1.66. The quantitative estimate of drug-likeness (QED) is 0.478. The van der Waals surface area contributed by atoms with Crippen molar-refractivity contribution in [3.8, 4) is 0 Å². The molecule has 14 heavy (non-hydrogen) atoms. The van der Waals surface area contributed by atoms with Crippen molar-refractivity contribution in [3.63, 3.8) is 0 Å². The van der Waals surface area contributed by atoms with Crippen LogP contribution in [0.5, 0.6) is 0 Å². The highest BCUT2D eigenvalue weighted by Gasteiger charge is 2.14. The first-order chi connectivity index (χ1) is 6.66. The monoisotopic (exact) mass is 192 g/mol. The molecule has 0 saturated carbocycles. The van der Waals surface area contributed by atoms with E-state index in [4.69, 9.17) is 11.5 Å². The number of nitrogens with zero attached hydrogens (tertiary/aromatic N) is 2. The van der Waals surface area contributed by atoms with E-state index in [9.17, 15) is 4.79 Å². The van der Waals surface area contributed by atoms with E-state index in [0.717, 1.165) is 0 Å². The fourth-order valence-electron chi connectivity index (χ4n) is 1.04. The molecule has 0 atom stereocenters. The van der Waals surface area contributed by atoms with E-state index >= 15 is 0 Å². The molecular weight excluding hydrogens is 184 g/mol. The maximum atomic E-state index is 11.6. The lowest BCUT2D eigenvalue weighted by Crippen LogP contribution is -2.02. The van der Waals surface area contributed by atoms with Gasteiger partial charge in [-0.25, -0.2) is 9.97 Å². The van der Waals surface area contributed by atoms with Crippen LogP contribution in [0.1, 0.15) is 16.2 Å². The maximum absolute atomic E-state index is 11.6. The van der Waals surface area contributed by atoms with Gasteiger partial charge in [0, 0.05) is 12.4 Å². The molecule has 0 aliphatic carbocycles. The van der Waals surface area contributed by atoms with Crippen LogP contribution >= 0.6 is 0 Å². The van der Waals surface area contributed by atoms with Gasteiger partial charge >= 0.3 is 0 Å². The topological polar surface area (TPSA) is 126 Å². The third-order valence-corrected chi connectivity index (χ3v) is 1.66. The van der Waals surface area contributed by atoms with Crippen LogP contribution in [-0.2, 0) is 0 Å². The summed E-state index contributed by atoms with van der Waals surface area (Å²) in [6.07, 6.45) is 2.84. The summed E-state index contributed by atoms with van der Waals surface area (Å²) < 4.78 is 0. The lowest BCUT2D eigenvalue weighted by Gasteiger charge is -1.88. The van der Waals surface area contributed by atoms with Crippen molar-refractivity contribution in [1.82, 2.24) is 19.9 Å². The number of hydrogen-bond acceptors (Lipinski definition) is 5. The molecule has 0 bridgehead atoms. The molecule has 2 aromatic rings. The first kappa shape index (κ1) is 8.30. The number of rotatable bonds is 2. The Morgan fingerprint density at radius 2 is 1.50 bits per heavy atom. The van der Waals surface area contributed by atoms with E-state index in [2.05, 4.69) is 19.9 Å². The number of aromatic nitrogens is 4. The summed E-state index contributed by atoms with van der Waals surface area (Å²) in [5.74, 6) is 0.0552. The second kappa shape index (κ2) is 2.87. The van der Waals surface area contributed by atoms with Crippen LogP contribution < -0.4 is 11.5 Å². The summed E-state index contributed by atoms with van der Waals surface area (Å²) in [5.41, 5.74) is 11.1. The Morgan fingerprint density at radius 1 is 1.07 bits per heavy atom. The zero-order valence-electron chi connectivity index (χ0n) is 7.11. The van der Waals surface area contributed by atoms with Crippen LogP contribution in [0.2, 0.25) is 0 Å². The summed E-state index contributed by atoms with van der Waals surface area (Å²) >= 11 is 0. The Morgan fingerprint density at radius 3 is 1.79 bits per heavy atom. The average Bonchev–Trinajstić information content (AvgIpc) is 2.73. The number of H-pyrrole nitrogens is 2. The van der Waals surface area contributed by atoms with Gasteiger partial charge in [-0.1, -0.05) is 0 Å². The Balaban J connectivity index is 2.33. The lowest BCUT2D eigenvalue weighted by molar-refractivity contribution is 0.103. The zero-order chi connectivity index (χ0) is 10.1. The van der Waals surface area contributed by atoms with Gasteiger partial charge < -0.3 is 21.4 Å². The Labute approximate surface area is 78.6 Å². The molecule has 6 N–H and O–H groups in total. The molecule has 72 valence electrons. The Hall–Kier alpha value is -2.31. The van der Waals surface area contributed by atoms with Crippen LogP contribution in [0.15, 0.2) is 12.4 Å². The number of anilines is 2. The molecule has 7 nitrogen and oxygen atoms in total. The van der Waals surface area contributed by atoms with E-state index in [-0.39, 0.29) is 29.1 Å². The number of nitrogen functional groups attached to an aromatic ring is 2. The molecule has 0 fully saturated rings. The normalized spacial score (nSPS) is 10.3. The molecule has 0 radical (unpaired) electrons. The summed E-state index contributed by atoms with van der Waals surface area (Å²) in [5, 5.41) is 0. The van der Waals surface area contributed by atoms with Crippen molar-refractivity contribution in [1.29, 1.82) is 0 Å². The number of carbonyl (C=O) groups is 1. The number of aromatic amines is 2. The lowest BCUT2D eigenvalue weighted by atomic mass is 10.2. The van der Waals surface area contributed by atoms with Gasteiger partial charge in [-0.3, -0.25) is 4.79 Å². The first-order valence-corrected chi connectivity index (χ1v) is 3.83. The number of ketones is 1.